The number of amides is 1. The maximum absolute atomic E-state index is 12.0. The maximum Gasteiger partial charge on any atom is 0.220 e. The Morgan fingerprint density at radius 3 is 2.56 bits per heavy atom. The molecule has 0 aliphatic carbocycles. The van der Waals surface area contributed by atoms with Crippen molar-refractivity contribution in [2.75, 3.05) is 19.6 Å². The molecule has 1 aliphatic rings. The lowest BCUT2D eigenvalue weighted by molar-refractivity contribution is -0.121. The monoisotopic (exact) mass is 353 g/mol. The van der Waals surface area contributed by atoms with Crippen LogP contribution in [0, 0.1) is 0 Å². The highest BCUT2D eigenvalue weighted by atomic mass is 16.5. The molecule has 25 heavy (non-hydrogen) atoms. The van der Waals surface area contributed by atoms with Gasteiger partial charge in [-0.1, -0.05) is 25.7 Å². The van der Waals surface area contributed by atoms with E-state index in [9.17, 15) is 9.90 Å². The number of ether oxygens (including phenoxy) is 1. The molecule has 1 amide bonds. The van der Waals surface area contributed by atoms with E-state index >= 15 is 0 Å². The Morgan fingerprint density at radius 1 is 1.40 bits per heavy atom. The zero-order chi connectivity index (χ0) is 18.8. The molecule has 4 atom stereocenters. The van der Waals surface area contributed by atoms with Gasteiger partial charge in [-0.15, -0.1) is 0 Å². The highest BCUT2D eigenvalue weighted by molar-refractivity contribution is 5.76. The second kappa shape index (κ2) is 11.4. The molecule has 1 rings (SSSR count). The van der Waals surface area contributed by atoms with E-state index in [1.165, 1.54) is 0 Å². The van der Waals surface area contributed by atoms with Gasteiger partial charge in [0.25, 0.3) is 0 Å². The van der Waals surface area contributed by atoms with Crippen LogP contribution >= 0.6 is 0 Å². The molecule has 0 saturated carbocycles. The zero-order valence-electron chi connectivity index (χ0n) is 15.9. The average Bonchev–Trinajstić information content (AvgIpc) is 2.57. The highest BCUT2D eigenvalue weighted by Crippen LogP contribution is 2.18. The van der Waals surface area contributed by atoms with Crippen LogP contribution < -0.4 is 11.1 Å². The van der Waals surface area contributed by atoms with Crippen LogP contribution in [0.5, 0.6) is 0 Å². The van der Waals surface area contributed by atoms with Crippen LogP contribution in [0.1, 0.15) is 46.5 Å². The Labute approximate surface area is 152 Å². The topological polar surface area (TPSA) is 87.8 Å². The van der Waals surface area contributed by atoms with E-state index in [2.05, 4.69) is 11.9 Å². The molecule has 0 aromatic rings. The second-order valence-electron chi connectivity index (χ2n) is 6.78. The van der Waals surface area contributed by atoms with Crippen LogP contribution in [0.3, 0.4) is 0 Å². The van der Waals surface area contributed by atoms with E-state index in [4.69, 9.17) is 10.5 Å². The molecule has 6 nitrogen and oxygen atoms in total. The minimum absolute atomic E-state index is 0.0167. The molecule has 0 aromatic carbocycles. The number of carbonyl (C=O) groups excluding carboxylic acids is 1. The second-order valence-corrected chi connectivity index (χ2v) is 6.78. The maximum atomic E-state index is 12.0. The van der Waals surface area contributed by atoms with Crippen LogP contribution in [0.15, 0.2) is 24.3 Å². The summed E-state index contributed by atoms with van der Waals surface area (Å²) < 4.78 is 5.72. The molecule has 144 valence electrons. The predicted molar refractivity (Wildman–Crippen MR) is 101 cm³/mol. The summed E-state index contributed by atoms with van der Waals surface area (Å²) in [6.07, 6.45) is 5.86. The van der Waals surface area contributed by atoms with E-state index in [-0.39, 0.29) is 24.2 Å². The minimum Gasteiger partial charge on any atom is -0.374 e. The number of hydrogen-bond donors (Lipinski definition) is 3. The SMILES string of the molecule is C=C/C(=C\C(CC)NC(=O)CCCCN)C(O)N1CC(C)OC(C)C1. The summed E-state index contributed by atoms with van der Waals surface area (Å²) >= 11 is 0. The number of aliphatic hydroxyl groups is 1. The van der Waals surface area contributed by atoms with Gasteiger partial charge >= 0.3 is 0 Å². The fourth-order valence-corrected chi connectivity index (χ4v) is 3.09. The smallest absolute Gasteiger partial charge is 0.220 e. The number of nitrogens with one attached hydrogen (secondary N) is 1. The van der Waals surface area contributed by atoms with Crippen LogP contribution in [-0.4, -0.2) is 60.0 Å². The van der Waals surface area contributed by atoms with Crippen molar-refractivity contribution in [2.24, 2.45) is 5.73 Å². The lowest BCUT2D eigenvalue weighted by atomic mass is 10.1. The molecule has 0 bridgehead atoms. The molecule has 0 radical (unpaired) electrons. The van der Waals surface area contributed by atoms with E-state index in [1.54, 1.807) is 6.08 Å². The van der Waals surface area contributed by atoms with Gasteiger partial charge in [-0.05, 0) is 45.2 Å². The van der Waals surface area contributed by atoms with Gasteiger partial charge in [-0.25, -0.2) is 0 Å². The van der Waals surface area contributed by atoms with Crippen molar-refractivity contribution in [3.8, 4) is 0 Å². The molecule has 4 N–H and O–H groups in total. The third-order valence-corrected chi connectivity index (χ3v) is 4.37. The molecule has 0 spiro atoms. The fourth-order valence-electron chi connectivity index (χ4n) is 3.09. The summed E-state index contributed by atoms with van der Waals surface area (Å²) in [5.41, 5.74) is 6.17. The molecule has 0 aromatic heterocycles. The number of carbonyl (C=O) groups is 1. The molecule has 4 unspecified atom stereocenters. The lowest BCUT2D eigenvalue weighted by Gasteiger charge is -2.38. The Bertz CT molecular complexity index is 443. The van der Waals surface area contributed by atoms with Crippen molar-refractivity contribution >= 4 is 5.91 Å². The summed E-state index contributed by atoms with van der Waals surface area (Å²) in [6, 6.07) is -0.121. The van der Waals surface area contributed by atoms with Crippen molar-refractivity contribution in [3.05, 3.63) is 24.3 Å². The third-order valence-electron chi connectivity index (χ3n) is 4.37. The lowest BCUT2D eigenvalue weighted by Crippen LogP contribution is -2.50. The van der Waals surface area contributed by atoms with Crippen molar-refractivity contribution in [1.82, 2.24) is 10.2 Å². The summed E-state index contributed by atoms with van der Waals surface area (Å²) in [5, 5.41) is 13.7. The Morgan fingerprint density at radius 2 is 2.04 bits per heavy atom. The number of morpholine rings is 1. The summed E-state index contributed by atoms with van der Waals surface area (Å²) in [5.74, 6) is 0.0167. The van der Waals surface area contributed by atoms with Gasteiger partial charge < -0.3 is 20.9 Å². The Balaban J connectivity index is 2.70. The number of hydrogen-bond acceptors (Lipinski definition) is 5. The van der Waals surface area contributed by atoms with Crippen LogP contribution in [0.25, 0.3) is 0 Å². The summed E-state index contributed by atoms with van der Waals surface area (Å²) in [4.78, 5) is 14.0. The number of nitrogens with zero attached hydrogens (tertiary/aromatic N) is 1. The number of unbranched alkanes of at least 4 members (excludes halogenated alkanes) is 1. The minimum atomic E-state index is -0.741. The number of aliphatic hydroxyl groups excluding tert-OH is 1. The molecular formula is C19H35N3O3. The summed E-state index contributed by atoms with van der Waals surface area (Å²) in [7, 11) is 0. The van der Waals surface area contributed by atoms with Gasteiger partial charge in [0.2, 0.25) is 5.91 Å². The van der Waals surface area contributed by atoms with Crippen molar-refractivity contribution in [2.45, 2.75) is 70.9 Å². The van der Waals surface area contributed by atoms with Crippen molar-refractivity contribution < 1.29 is 14.6 Å². The van der Waals surface area contributed by atoms with Gasteiger partial charge in [-0.2, -0.15) is 0 Å². The van der Waals surface area contributed by atoms with Gasteiger partial charge in [0.15, 0.2) is 0 Å². The quantitative estimate of drug-likeness (QED) is 0.410. The van der Waals surface area contributed by atoms with Gasteiger partial charge in [-0.3, -0.25) is 9.69 Å². The van der Waals surface area contributed by atoms with Crippen LogP contribution in [0.4, 0.5) is 0 Å². The highest BCUT2D eigenvalue weighted by Gasteiger charge is 2.28. The first-order valence-electron chi connectivity index (χ1n) is 9.32. The van der Waals surface area contributed by atoms with Crippen molar-refractivity contribution in [1.29, 1.82) is 0 Å². The van der Waals surface area contributed by atoms with E-state index in [1.807, 2.05) is 31.7 Å². The van der Waals surface area contributed by atoms with Crippen molar-refractivity contribution in [3.63, 3.8) is 0 Å². The normalized spacial score (nSPS) is 24.6. The molecule has 1 saturated heterocycles. The molecule has 1 aliphatic heterocycles. The van der Waals surface area contributed by atoms with E-state index in [0.717, 1.165) is 24.8 Å². The van der Waals surface area contributed by atoms with Gasteiger partial charge in [0.1, 0.15) is 6.23 Å². The van der Waals surface area contributed by atoms with Gasteiger partial charge in [0.05, 0.1) is 12.2 Å². The van der Waals surface area contributed by atoms with E-state index < -0.39 is 6.23 Å². The molecular weight excluding hydrogens is 318 g/mol. The van der Waals surface area contributed by atoms with Gasteiger partial charge in [0, 0.05) is 25.6 Å². The van der Waals surface area contributed by atoms with Crippen LogP contribution in [-0.2, 0) is 9.53 Å². The third kappa shape index (κ3) is 7.69. The molecule has 6 heteroatoms. The predicted octanol–water partition coefficient (Wildman–Crippen LogP) is 1.55. The number of rotatable bonds is 10. The largest absolute Gasteiger partial charge is 0.374 e. The first kappa shape index (κ1) is 21.8. The molecule has 1 heterocycles. The number of nitrogens with two attached hydrogens (primary N) is 1. The van der Waals surface area contributed by atoms with Crippen LogP contribution in [0.2, 0.25) is 0 Å². The first-order valence-corrected chi connectivity index (χ1v) is 9.32. The first-order chi connectivity index (χ1) is 11.9. The zero-order valence-corrected chi connectivity index (χ0v) is 15.9. The standard InChI is InChI=1S/C19H35N3O3/c1-5-16(19(24)22-12-14(3)25-15(4)13-22)11-17(6-2)21-18(23)9-7-8-10-20/h5,11,14-15,17,19,24H,1,6-10,12-13,20H2,2-4H3,(H,21,23)/b16-11+. The molecule has 1 fully saturated rings. The van der Waals surface area contributed by atoms with E-state index in [0.29, 0.717) is 26.1 Å². The summed E-state index contributed by atoms with van der Waals surface area (Å²) in [6.45, 7) is 11.8. The average molecular weight is 354 g/mol. The fraction of sp³-hybridized carbons (Fsp3) is 0.737. The Hall–Kier alpha value is -1.21. The Kier molecular flexibility index (Phi) is 9.97.